The van der Waals surface area contributed by atoms with Crippen LogP contribution in [0.1, 0.15) is 10.5 Å². The van der Waals surface area contributed by atoms with Crippen LogP contribution in [0.4, 0.5) is 5.82 Å². The molecule has 88 valence electrons. The fraction of sp³-hybridized carbons (Fsp3) is 0.444. The van der Waals surface area contributed by atoms with Gasteiger partial charge in [0.05, 0.1) is 13.7 Å². The summed E-state index contributed by atoms with van der Waals surface area (Å²) in [5.41, 5.74) is 0.113. The van der Waals surface area contributed by atoms with Crippen molar-refractivity contribution in [1.29, 1.82) is 0 Å². The Morgan fingerprint density at radius 1 is 1.50 bits per heavy atom. The van der Waals surface area contributed by atoms with E-state index in [2.05, 4.69) is 20.0 Å². The smallest absolute Gasteiger partial charge is 0.356 e. The second-order valence-electron chi connectivity index (χ2n) is 2.82. The fourth-order valence-electron chi connectivity index (χ4n) is 0.999. The Hall–Kier alpha value is -1.40. The average molecular weight is 246 g/mol. The van der Waals surface area contributed by atoms with Crippen LogP contribution in [-0.2, 0) is 9.47 Å². The second kappa shape index (κ2) is 6.24. The molecule has 1 aromatic rings. The summed E-state index contributed by atoms with van der Waals surface area (Å²) in [7, 11) is 2.87. The van der Waals surface area contributed by atoms with E-state index in [0.29, 0.717) is 19.0 Å². The van der Waals surface area contributed by atoms with E-state index >= 15 is 0 Å². The van der Waals surface area contributed by atoms with Gasteiger partial charge in [-0.1, -0.05) is 0 Å². The van der Waals surface area contributed by atoms with Gasteiger partial charge >= 0.3 is 5.97 Å². The van der Waals surface area contributed by atoms with Crippen LogP contribution in [0.15, 0.2) is 6.07 Å². The Bertz CT molecular complexity index is 373. The first-order chi connectivity index (χ1) is 7.67. The van der Waals surface area contributed by atoms with Crippen LogP contribution >= 0.6 is 11.6 Å². The minimum absolute atomic E-state index is 0.0113. The van der Waals surface area contributed by atoms with Crippen LogP contribution in [-0.4, -0.2) is 43.3 Å². The molecule has 1 N–H and O–H groups in total. The average Bonchev–Trinajstić information content (AvgIpc) is 2.27. The van der Waals surface area contributed by atoms with Crippen molar-refractivity contribution in [3.63, 3.8) is 0 Å². The maximum absolute atomic E-state index is 11.2. The molecule has 0 unspecified atom stereocenters. The molecule has 0 atom stereocenters. The highest BCUT2D eigenvalue weighted by atomic mass is 35.5. The van der Waals surface area contributed by atoms with Crippen molar-refractivity contribution in [3.05, 3.63) is 17.0 Å². The van der Waals surface area contributed by atoms with E-state index in [1.54, 1.807) is 7.11 Å². The zero-order valence-corrected chi connectivity index (χ0v) is 9.74. The number of rotatable bonds is 5. The van der Waals surface area contributed by atoms with E-state index in [9.17, 15) is 4.79 Å². The molecule has 0 aliphatic carbocycles. The van der Waals surface area contributed by atoms with E-state index in [1.165, 1.54) is 13.2 Å². The Morgan fingerprint density at radius 2 is 2.25 bits per heavy atom. The van der Waals surface area contributed by atoms with E-state index in [4.69, 9.17) is 16.3 Å². The first-order valence-electron chi connectivity index (χ1n) is 4.53. The molecular formula is C9H12ClN3O3. The highest BCUT2D eigenvalue weighted by Gasteiger charge is 2.10. The molecule has 0 amide bonds. The quantitative estimate of drug-likeness (QED) is 0.474. The Balaban J connectivity index is 2.77. The number of ether oxygens (including phenoxy) is 2. The molecule has 1 heterocycles. The third kappa shape index (κ3) is 3.63. The molecule has 0 aliphatic rings. The Labute approximate surface area is 97.9 Å². The molecular weight excluding hydrogens is 234 g/mol. The number of hydrogen-bond acceptors (Lipinski definition) is 6. The number of aromatic nitrogens is 2. The lowest BCUT2D eigenvalue weighted by atomic mass is 10.4. The number of halogens is 1. The van der Waals surface area contributed by atoms with Gasteiger partial charge in [0.15, 0.2) is 5.69 Å². The number of methoxy groups -OCH3 is 2. The van der Waals surface area contributed by atoms with Gasteiger partial charge in [-0.15, -0.1) is 0 Å². The van der Waals surface area contributed by atoms with Crippen molar-refractivity contribution in [2.75, 3.05) is 32.7 Å². The van der Waals surface area contributed by atoms with Gasteiger partial charge in [0.1, 0.15) is 5.82 Å². The minimum Gasteiger partial charge on any atom is -0.464 e. The third-order valence-corrected chi connectivity index (χ3v) is 1.87. The first kappa shape index (κ1) is 12.7. The van der Waals surface area contributed by atoms with E-state index < -0.39 is 5.97 Å². The number of hydrogen-bond donors (Lipinski definition) is 1. The molecule has 6 nitrogen and oxygen atoms in total. The lowest BCUT2D eigenvalue weighted by Crippen LogP contribution is -2.11. The van der Waals surface area contributed by atoms with Crippen molar-refractivity contribution in [2.45, 2.75) is 0 Å². The molecule has 0 saturated carbocycles. The standard InChI is InChI=1S/C9H12ClN3O3/c1-15-4-3-11-7-5-6(8(14)16-2)12-9(10)13-7/h5H,3-4H2,1-2H3,(H,11,12,13). The van der Waals surface area contributed by atoms with Crippen LogP contribution in [0.25, 0.3) is 0 Å². The highest BCUT2D eigenvalue weighted by Crippen LogP contribution is 2.10. The van der Waals surface area contributed by atoms with Crippen molar-refractivity contribution in [1.82, 2.24) is 9.97 Å². The van der Waals surface area contributed by atoms with E-state index in [1.807, 2.05) is 0 Å². The molecule has 0 spiro atoms. The zero-order chi connectivity index (χ0) is 12.0. The SMILES string of the molecule is COCCNc1cc(C(=O)OC)nc(Cl)n1. The maximum atomic E-state index is 11.2. The maximum Gasteiger partial charge on any atom is 0.356 e. The van der Waals surface area contributed by atoms with Crippen LogP contribution in [0.3, 0.4) is 0 Å². The van der Waals surface area contributed by atoms with Gasteiger partial charge in [0.25, 0.3) is 0 Å². The topological polar surface area (TPSA) is 73.3 Å². The molecule has 0 aliphatic heterocycles. The molecule has 0 bridgehead atoms. The van der Waals surface area contributed by atoms with Gasteiger partial charge in [-0.05, 0) is 11.6 Å². The molecule has 7 heteroatoms. The molecule has 1 rings (SSSR count). The van der Waals surface area contributed by atoms with Crippen LogP contribution < -0.4 is 5.32 Å². The lowest BCUT2D eigenvalue weighted by Gasteiger charge is -2.06. The zero-order valence-electron chi connectivity index (χ0n) is 8.99. The number of anilines is 1. The lowest BCUT2D eigenvalue weighted by molar-refractivity contribution is 0.0594. The van der Waals surface area contributed by atoms with Crippen LogP contribution in [0, 0.1) is 0 Å². The van der Waals surface area contributed by atoms with Gasteiger partial charge in [-0.2, -0.15) is 0 Å². The summed E-state index contributed by atoms with van der Waals surface area (Å²) in [6.45, 7) is 1.08. The third-order valence-electron chi connectivity index (χ3n) is 1.71. The van der Waals surface area contributed by atoms with Gasteiger partial charge in [0.2, 0.25) is 5.28 Å². The van der Waals surface area contributed by atoms with Crippen LogP contribution in [0.2, 0.25) is 5.28 Å². The van der Waals surface area contributed by atoms with Crippen molar-refractivity contribution in [2.24, 2.45) is 0 Å². The number of nitrogens with one attached hydrogen (secondary N) is 1. The van der Waals surface area contributed by atoms with Crippen molar-refractivity contribution >= 4 is 23.4 Å². The Kier molecular flexibility index (Phi) is 4.94. The highest BCUT2D eigenvalue weighted by molar-refractivity contribution is 6.28. The summed E-state index contributed by atoms with van der Waals surface area (Å²) in [5.74, 6) is -0.100. The molecule has 1 aromatic heterocycles. The normalized spacial score (nSPS) is 9.94. The predicted molar refractivity (Wildman–Crippen MR) is 58.7 cm³/mol. The summed E-state index contributed by atoms with van der Waals surface area (Å²) >= 11 is 5.66. The summed E-state index contributed by atoms with van der Waals surface area (Å²) < 4.78 is 9.39. The largest absolute Gasteiger partial charge is 0.464 e. The molecule has 0 aromatic carbocycles. The van der Waals surface area contributed by atoms with E-state index in [-0.39, 0.29) is 11.0 Å². The second-order valence-corrected chi connectivity index (χ2v) is 3.16. The number of carbonyl (C=O) groups is 1. The number of esters is 1. The number of nitrogens with zero attached hydrogens (tertiary/aromatic N) is 2. The number of carbonyl (C=O) groups excluding carboxylic acids is 1. The summed E-state index contributed by atoms with van der Waals surface area (Å²) in [6, 6.07) is 1.47. The monoisotopic (exact) mass is 245 g/mol. The van der Waals surface area contributed by atoms with Crippen molar-refractivity contribution < 1.29 is 14.3 Å². The molecule has 16 heavy (non-hydrogen) atoms. The Morgan fingerprint density at radius 3 is 2.88 bits per heavy atom. The van der Waals surface area contributed by atoms with Gasteiger partial charge in [-0.25, -0.2) is 14.8 Å². The summed E-state index contributed by atoms with van der Waals surface area (Å²) in [5, 5.41) is 2.93. The first-order valence-corrected chi connectivity index (χ1v) is 4.91. The van der Waals surface area contributed by atoms with Gasteiger partial charge < -0.3 is 14.8 Å². The minimum atomic E-state index is -0.556. The van der Waals surface area contributed by atoms with E-state index in [0.717, 1.165) is 0 Å². The van der Waals surface area contributed by atoms with Gasteiger partial charge in [-0.3, -0.25) is 0 Å². The fourth-order valence-corrected chi connectivity index (χ4v) is 1.18. The van der Waals surface area contributed by atoms with Crippen LogP contribution in [0.5, 0.6) is 0 Å². The molecule has 0 fully saturated rings. The molecule has 0 radical (unpaired) electrons. The van der Waals surface area contributed by atoms with Crippen molar-refractivity contribution in [3.8, 4) is 0 Å². The predicted octanol–water partition coefficient (Wildman–Crippen LogP) is 0.975. The van der Waals surface area contributed by atoms with Gasteiger partial charge in [0, 0.05) is 19.7 Å². The summed E-state index contributed by atoms with van der Waals surface area (Å²) in [4.78, 5) is 18.9. The summed E-state index contributed by atoms with van der Waals surface area (Å²) in [6.07, 6.45) is 0. The molecule has 0 saturated heterocycles.